The number of nitrogens with zero attached hydrogens (tertiary/aromatic N) is 1. The number of rotatable bonds is 2. The molecule has 0 saturated carbocycles. The van der Waals surface area contributed by atoms with Crippen molar-refractivity contribution < 1.29 is 4.39 Å². The second-order valence-corrected chi connectivity index (χ2v) is 3.75. The lowest BCUT2D eigenvalue weighted by atomic mass is 10.1. The average Bonchev–Trinajstić information content (AvgIpc) is 2.32. The van der Waals surface area contributed by atoms with Crippen LogP contribution in [0.5, 0.6) is 0 Å². The van der Waals surface area contributed by atoms with E-state index in [0.29, 0.717) is 22.6 Å². The summed E-state index contributed by atoms with van der Waals surface area (Å²) in [6, 6.07) is 6.01. The molecule has 1 aromatic carbocycles. The molecule has 0 spiro atoms. The zero-order valence-electron chi connectivity index (χ0n) is 9.33. The van der Waals surface area contributed by atoms with Crippen molar-refractivity contribution in [3.63, 3.8) is 0 Å². The molecule has 0 aliphatic rings. The molecule has 0 unspecified atom stereocenters. The standard InChI is InChI=1S/C12H12FN3O/c1-7-2-3-8(4-10(7)13)12-15-9(6-14)5-11(17)16-12/h2-5H,6,14H2,1H3,(H,15,16,17). The van der Waals surface area contributed by atoms with E-state index in [1.54, 1.807) is 19.1 Å². The van der Waals surface area contributed by atoms with Crippen molar-refractivity contribution in [2.75, 3.05) is 0 Å². The fraction of sp³-hybridized carbons (Fsp3) is 0.167. The second kappa shape index (κ2) is 4.47. The summed E-state index contributed by atoms with van der Waals surface area (Å²) in [5.41, 5.74) is 6.69. The summed E-state index contributed by atoms with van der Waals surface area (Å²) in [5.74, 6) is 0.000139. The summed E-state index contributed by atoms with van der Waals surface area (Å²) in [4.78, 5) is 18.1. The van der Waals surface area contributed by atoms with Crippen LogP contribution in [-0.2, 0) is 6.54 Å². The van der Waals surface area contributed by atoms with Crippen LogP contribution in [0.4, 0.5) is 4.39 Å². The van der Waals surface area contributed by atoms with Gasteiger partial charge in [-0.15, -0.1) is 0 Å². The Kier molecular flexibility index (Phi) is 3.01. The first kappa shape index (κ1) is 11.5. The zero-order chi connectivity index (χ0) is 12.4. The Morgan fingerprint density at radius 1 is 1.41 bits per heavy atom. The van der Waals surface area contributed by atoms with Gasteiger partial charge >= 0.3 is 0 Å². The fourth-order valence-corrected chi connectivity index (χ4v) is 1.49. The van der Waals surface area contributed by atoms with E-state index in [1.165, 1.54) is 12.1 Å². The molecule has 0 amide bonds. The van der Waals surface area contributed by atoms with Crippen molar-refractivity contribution in [3.8, 4) is 11.4 Å². The Morgan fingerprint density at radius 2 is 2.18 bits per heavy atom. The Hall–Kier alpha value is -2.01. The number of aromatic amines is 1. The second-order valence-electron chi connectivity index (χ2n) is 3.75. The van der Waals surface area contributed by atoms with Crippen LogP contribution in [0.2, 0.25) is 0 Å². The maximum atomic E-state index is 13.4. The van der Waals surface area contributed by atoms with Crippen LogP contribution in [-0.4, -0.2) is 9.97 Å². The molecule has 2 rings (SSSR count). The van der Waals surface area contributed by atoms with Gasteiger partial charge in [-0.1, -0.05) is 12.1 Å². The van der Waals surface area contributed by atoms with Gasteiger partial charge in [0.2, 0.25) is 0 Å². The maximum Gasteiger partial charge on any atom is 0.251 e. The molecule has 4 nitrogen and oxygen atoms in total. The van der Waals surface area contributed by atoms with Crippen molar-refractivity contribution in [1.82, 2.24) is 9.97 Å². The first-order valence-electron chi connectivity index (χ1n) is 5.17. The van der Waals surface area contributed by atoms with Gasteiger partial charge in [0.05, 0.1) is 5.69 Å². The van der Waals surface area contributed by atoms with Crippen LogP contribution in [0.15, 0.2) is 29.1 Å². The lowest BCUT2D eigenvalue weighted by Crippen LogP contribution is -2.12. The van der Waals surface area contributed by atoms with Crippen LogP contribution >= 0.6 is 0 Å². The molecule has 88 valence electrons. The minimum absolute atomic E-state index is 0.172. The molecular weight excluding hydrogens is 221 g/mol. The van der Waals surface area contributed by atoms with Gasteiger partial charge in [-0.2, -0.15) is 0 Å². The molecule has 17 heavy (non-hydrogen) atoms. The van der Waals surface area contributed by atoms with Crippen LogP contribution in [0, 0.1) is 12.7 Å². The Morgan fingerprint density at radius 3 is 2.82 bits per heavy atom. The predicted octanol–water partition coefficient (Wildman–Crippen LogP) is 1.34. The van der Waals surface area contributed by atoms with Gasteiger partial charge in [0.15, 0.2) is 0 Å². The van der Waals surface area contributed by atoms with Crippen molar-refractivity contribution in [3.05, 3.63) is 51.7 Å². The Bertz CT molecular complexity index is 607. The fourth-order valence-electron chi connectivity index (χ4n) is 1.49. The quantitative estimate of drug-likeness (QED) is 0.822. The number of nitrogens with two attached hydrogens (primary N) is 1. The number of aryl methyl sites for hydroxylation is 1. The highest BCUT2D eigenvalue weighted by molar-refractivity contribution is 5.55. The van der Waals surface area contributed by atoms with Gasteiger partial charge in [0.1, 0.15) is 11.6 Å². The van der Waals surface area contributed by atoms with Crippen LogP contribution in [0.3, 0.4) is 0 Å². The van der Waals surface area contributed by atoms with Gasteiger partial charge in [-0.25, -0.2) is 9.37 Å². The lowest BCUT2D eigenvalue weighted by Gasteiger charge is -2.04. The van der Waals surface area contributed by atoms with Crippen molar-refractivity contribution in [1.29, 1.82) is 0 Å². The summed E-state index contributed by atoms with van der Waals surface area (Å²) in [6.07, 6.45) is 0. The van der Waals surface area contributed by atoms with Gasteiger partial charge in [-0.05, 0) is 18.6 Å². The van der Waals surface area contributed by atoms with E-state index in [-0.39, 0.29) is 17.9 Å². The van der Waals surface area contributed by atoms with E-state index in [1.807, 2.05) is 0 Å². The summed E-state index contributed by atoms with van der Waals surface area (Å²) < 4.78 is 13.4. The molecule has 0 fully saturated rings. The molecule has 1 heterocycles. The summed E-state index contributed by atoms with van der Waals surface area (Å²) in [6.45, 7) is 1.84. The van der Waals surface area contributed by atoms with E-state index in [9.17, 15) is 9.18 Å². The number of hydrogen-bond donors (Lipinski definition) is 2. The maximum absolute atomic E-state index is 13.4. The molecular formula is C12H12FN3O. The summed E-state index contributed by atoms with van der Waals surface area (Å²) >= 11 is 0. The Labute approximate surface area is 97.3 Å². The predicted molar refractivity (Wildman–Crippen MR) is 62.9 cm³/mol. The van der Waals surface area contributed by atoms with Gasteiger partial charge in [0.25, 0.3) is 5.56 Å². The highest BCUT2D eigenvalue weighted by Gasteiger charge is 2.05. The molecule has 5 heteroatoms. The average molecular weight is 233 g/mol. The first-order chi connectivity index (χ1) is 8.10. The van der Waals surface area contributed by atoms with E-state index in [2.05, 4.69) is 9.97 Å². The largest absolute Gasteiger partial charge is 0.325 e. The summed E-state index contributed by atoms with van der Waals surface area (Å²) in [5, 5.41) is 0. The SMILES string of the molecule is Cc1ccc(-c2nc(CN)cc(=O)[nH]2)cc1F. The van der Waals surface area contributed by atoms with Gasteiger partial charge in [0, 0.05) is 18.2 Å². The number of benzene rings is 1. The highest BCUT2D eigenvalue weighted by Crippen LogP contribution is 2.17. The van der Waals surface area contributed by atoms with Crippen molar-refractivity contribution >= 4 is 0 Å². The molecule has 3 N–H and O–H groups in total. The third-order valence-corrected chi connectivity index (χ3v) is 2.45. The number of hydrogen-bond acceptors (Lipinski definition) is 3. The minimum atomic E-state index is -0.330. The molecule has 0 aliphatic carbocycles. The molecule has 1 aromatic heterocycles. The lowest BCUT2D eigenvalue weighted by molar-refractivity contribution is 0.619. The van der Waals surface area contributed by atoms with E-state index in [0.717, 1.165) is 0 Å². The third kappa shape index (κ3) is 2.39. The smallest absolute Gasteiger partial charge is 0.251 e. The Balaban J connectivity index is 2.55. The molecule has 0 atom stereocenters. The molecule has 2 aromatic rings. The van der Waals surface area contributed by atoms with Gasteiger partial charge < -0.3 is 10.7 Å². The zero-order valence-corrected chi connectivity index (χ0v) is 9.33. The monoisotopic (exact) mass is 233 g/mol. The highest BCUT2D eigenvalue weighted by atomic mass is 19.1. The molecule has 0 radical (unpaired) electrons. The summed E-state index contributed by atoms with van der Waals surface area (Å²) in [7, 11) is 0. The minimum Gasteiger partial charge on any atom is -0.325 e. The number of nitrogens with one attached hydrogen (secondary N) is 1. The molecule has 0 saturated heterocycles. The molecule has 0 bridgehead atoms. The number of halogens is 1. The normalized spacial score (nSPS) is 10.5. The van der Waals surface area contributed by atoms with E-state index >= 15 is 0 Å². The molecule has 0 aliphatic heterocycles. The van der Waals surface area contributed by atoms with Crippen LogP contribution in [0.1, 0.15) is 11.3 Å². The number of H-pyrrole nitrogens is 1. The topological polar surface area (TPSA) is 71.8 Å². The van der Waals surface area contributed by atoms with Crippen LogP contribution in [0.25, 0.3) is 11.4 Å². The first-order valence-corrected chi connectivity index (χ1v) is 5.17. The van der Waals surface area contributed by atoms with E-state index in [4.69, 9.17) is 5.73 Å². The van der Waals surface area contributed by atoms with Crippen molar-refractivity contribution in [2.45, 2.75) is 13.5 Å². The third-order valence-electron chi connectivity index (χ3n) is 2.45. The number of aromatic nitrogens is 2. The van der Waals surface area contributed by atoms with Gasteiger partial charge in [-0.3, -0.25) is 4.79 Å². The van der Waals surface area contributed by atoms with Crippen LogP contribution < -0.4 is 11.3 Å². The van der Waals surface area contributed by atoms with Crippen molar-refractivity contribution in [2.24, 2.45) is 5.73 Å². The van der Waals surface area contributed by atoms with E-state index < -0.39 is 0 Å².